The number of hydrogen-bond donors (Lipinski definition) is 1. The lowest BCUT2D eigenvalue weighted by Gasteiger charge is -2.08. The molecule has 1 amide bonds. The van der Waals surface area contributed by atoms with E-state index < -0.39 is 0 Å². The van der Waals surface area contributed by atoms with Crippen molar-refractivity contribution in [1.29, 1.82) is 0 Å². The Hall–Kier alpha value is -1.61. The Morgan fingerprint density at radius 1 is 1.11 bits per heavy atom. The molecule has 0 unspecified atom stereocenters. The average molecular weight is 318 g/mol. The SMILES string of the molecule is Cc1cccc(CC(=O)Nc2cc(C)ccc2Br)c1. The number of benzene rings is 2. The summed E-state index contributed by atoms with van der Waals surface area (Å²) in [5.41, 5.74) is 4.13. The molecule has 1 N–H and O–H groups in total. The fourth-order valence-corrected chi connectivity index (χ4v) is 2.28. The van der Waals surface area contributed by atoms with Gasteiger partial charge in [-0.25, -0.2) is 0 Å². The second-order valence-electron chi connectivity index (χ2n) is 4.70. The molecule has 3 heteroatoms. The molecule has 98 valence electrons. The summed E-state index contributed by atoms with van der Waals surface area (Å²) in [7, 11) is 0. The lowest BCUT2D eigenvalue weighted by molar-refractivity contribution is -0.115. The van der Waals surface area contributed by atoms with Gasteiger partial charge in [-0.2, -0.15) is 0 Å². The molecular weight excluding hydrogens is 302 g/mol. The van der Waals surface area contributed by atoms with Crippen molar-refractivity contribution in [1.82, 2.24) is 0 Å². The molecule has 0 bridgehead atoms. The number of nitrogens with one attached hydrogen (secondary N) is 1. The molecule has 0 spiro atoms. The first-order chi connectivity index (χ1) is 9.04. The Bertz CT molecular complexity index is 607. The number of amides is 1. The number of aryl methyl sites for hydroxylation is 2. The van der Waals surface area contributed by atoms with Crippen molar-refractivity contribution in [3.63, 3.8) is 0 Å². The van der Waals surface area contributed by atoms with Gasteiger partial charge in [-0.3, -0.25) is 4.79 Å². The van der Waals surface area contributed by atoms with Crippen LogP contribution in [0.25, 0.3) is 0 Å². The van der Waals surface area contributed by atoms with Crippen LogP contribution in [0.4, 0.5) is 5.69 Å². The van der Waals surface area contributed by atoms with E-state index in [4.69, 9.17) is 0 Å². The number of hydrogen-bond acceptors (Lipinski definition) is 1. The minimum absolute atomic E-state index is 0.00287. The maximum absolute atomic E-state index is 12.0. The Balaban J connectivity index is 2.07. The molecule has 0 atom stereocenters. The molecule has 2 rings (SSSR count). The van der Waals surface area contributed by atoms with Crippen molar-refractivity contribution in [3.05, 3.63) is 63.6 Å². The maximum atomic E-state index is 12.0. The Labute approximate surface area is 122 Å². The summed E-state index contributed by atoms with van der Waals surface area (Å²) in [6, 6.07) is 13.9. The van der Waals surface area contributed by atoms with Crippen LogP contribution in [0, 0.1) is 13.8 Å². The molecule has 0 fully saturated rings. The largest absolute Gasteiger partial charge is 0.325 e. The number of carbonyl (C=O) groups excluding carboxylic acids is 1. The van der Waals surface area contributed by atoms with E-state index in [0.717, 1.165) is 21.3 Å². The lowest BCUT2D eigenvalue weighted by Crippen LogP contribution is -2.14. The topological polar surface area (TPSA) is 29.1 Å². The van der Waals surface area contributed by atoms with E-state index in [1.54, 1.807) is 0 Å². The molecule has 0 saturated heterocycles. The summed E-state index contributed by atoms with van der Waals surface area (Å²) in [6.45, 7) is 4.03. The van der Waals surface area contributed by atoms with Gasteiger partial charge in [0.05, 0.1) is 12.1 Å². The van der Waals surface area contributed by atoms with Crippen molar-refractivity contribution < 1.29 is 4.79 Å². The van der Waals surface area contributed by atoms with Crippen LogP contribution in [0.2, 0.25) is 0 Å². The standard InChI is InChI=1S/C16H16BrNO/c1-11-4-3-5-13(8-11)10-16(19)18-15-9-12(2)6-7-14(15)17/h3-9H,10H2,1-2H3,(H,18,19). The van der Waals surface area contributed by atoms with Crippen LogP contribution in [0.1, 0.15) is 16.7 Å². The van der Waals surface area contributed by atoms with Crippen LogP contribution in [-0.4, -0.2) is 5.91 Å². The van der Waals surface area contributed by atoms with Gasteiger partial charge in [-0.05, 0) is 53.0 Å². The molecule has 0 saturated carbocycles. The van der Waals surface area contributed by atoms with Crippen LogP contribution in [0.5, 0.6) is 0 Å². The second kappa shape index (κ2) is 6.02. The second-order valence-corrected chi connectivity index (χ2v) is 5.55. The minimum Gasteiger partial charge on any atom is -0.325 e. The zero-order valence-electron chi connectivity index (χ0n) is 11.0. The molecule has 0 aliphatic heterocycles. The van der Waals surface area contributed by atoms with Gasteiger partial charge in [0, 0.05) is 4.47 Å². The maximum Gasteiger partial charge on any atom is 0.228 e. The summed E-state index contributed by atoms with van der Waals surface area (Å²) in [6.07, 6.45) is 0.391. The molecule has 0 aliphatic carbocycles. The molecule has 19 heavy (non-hydrogen) atoms. The highest BCUT2D eigenvalue weighted by Crippen LogP contribution is 2.23. The summed E-state index contributed by atoms with van der Waals surface area (Å²) in [5.74, 6) is -0.00287. The van der Waals surface area contributed by atoms with Crippen LogP contribution >= 0.6 is 15.9 Å². The predicted molar refractivity (Wildman–Crippen MR) is 82.4 cm³/mol. The van der Waals surface area contributed by atoms with Gasteiger partial charge in [0.25, 0.3) is 0 Å². The Morgan fingerprint density at radius 2 is 1.84 bits per heavy atom. The van der Waals surface area contributed by atoms with Gasteiger partial charge < -0.3 is 5.32 Å². The van der Waals surface area contributed by atoms with Gasteiger partial charge >= 0.3 is 0 Å². The highest BCUT2D eigenvalue weighted by Gasteiger charge is 2.07. The molecule has 0 aliphatic rings. The normalized spacial score (nSPS) is 10.3. The zero-order valence-corrected chi connectivity index (χ0v) is 12.6. The van der Waals surface area contributed by atoms with Crippen molar-refractivity contribution in [3.8, 4) is 0 Å². The molecular formula is C16H16BrNO. The first-order valence-electron chi connectivity index (χ1n) is 6.16. The molecule has 0 aromatic heterocycles. The van der Waals surface area contributed by atoms with E-state index in [2.05, 4.69) is 21.2 Å². The zero-order chi connectivity index (χ0) is 13.8. The monoisotopic (exact) mass is 317 g/mol. The Morgan fingerprint density at radius 3 is 2.58 bits per heavy atom. The van der Waals surface area contributed by atoms with Gasteiger partial charge in [0.15, 0.2) is 0 Å². The first-order valence-corrected chi connectivity index (χ1v) is 6.95. The highest BCUT2D eigenvalue weighted by atomic mass is 79.9. The van der Waals surface area contributed by atoms with Crippen LogP contribution in [-0.2, 0) is 11.2 Å². The smallest absolute Gasteiger partial charge is 0.228 e. The van der Waals surface area contributed by atoms with E-state index >= 15 is 0 Å². The van der Waals surface area contributed by atoms with E-state index in [1.807, 2.05) is 56.3 Å². The van der Waals surface area contributed by atoms with Crippen LogP contribution < -0.4 is 5.32 Å². The third kappa shape index (κ3) is 3.93. The molecule has 0 heterocycles. The highest BCUT2D eigenvalue weighted by molar-refractivity contribution is 9.10. The number of carbonyl (C=O) groups is 1. The lowest BCUT2D eigenvalue weighted by atomic mass is 10.1. The molecule has 2 aromatic rings. The van der Waals surface area contributed by atoms with Gasteiger partial charge in [-0.1, -0.05) is 35.9 Å². The fourth-order valence-electron chi connectivity index (χ4n) is 1.94. The quantitative estimate of drug-likeness (QED) is 0.901. The van der Waals surface area contributed by atoms with Gasteiger partial charge in [0.2, 0.25) is 5.91 Å². The van der Waals surface area contributed by atoms with Crippen molar-refractivity contribution >= 4 is 27.5 Å². The van der Waals surface area contributed by atoms with E-state index in [1.165, 1.54) is 5.56 Å². The molecule has 0 radical (unpaired) electrons. The molecule has 2 nitrogen and oxygen atoms in total. The predicted octanol–water partition coefficient (Wildman–Crippen LogP) is 4.25. The van der Waals surface area contributed by atoms with Gasteiger partial charge in [-0.15, -0.1) is 0 Å². The van der Waals surface area contributed by atoms with Crippen molar-refractivity contribution in [2.24, 2.45) is 0 Å². The molecule has 2 aromatic carbocycles. The van der Waals surface area contributed by atoms with Crippen LogP contribution in [0.3, 0.4) is 0 Å². The Kier molecular flexibility index (Phi) is 4.38. The summed E-state index contributed by atoms with van der Waals surface area (Å²) in [4.78, 5) is 12.0. The average Bonchev–Trinajstić information content (AvgIpc) is 2.34. The van der Waals surface area contributed by atoms with Crippen molar-refractivity contribution in [2.75, 3.05) is 5.32 Å². The first kappa shape index (κ1) is 13.8. The number of anilines is 1. The van der Waals surface area contributed by atoms with E-state index in [9.17, 15) is 4.79 Å². The number of rotatable bonds is 3. The number of halogens is 1. The summed E-state index contributed by atoms with van der Waals surface area (Å²) in [5, 5.41) is 2.93. The third-order valence-electron chi connectivity index (χ3n) is 2.84. The van der Waals surface area contributed by atoms with E-state index in [0.29, 0.717) is 6.42 Å². The fraction of sp³-hybridized carbons (Fsp3) is 0.188. The van der Waals surface area contributed by atoms with E-state index in [-0.39, 0.29) is 5.91 Å². The third-order valence-corrected chi connectivity index (χ3v) is 3.53. The van der Waals surface area contributed by atoms with Crippen molar-refractivity contribution in [2.45, 2.75) is 20.3 Å². The summed E-state index contributed by atoms with van der Waals surface area (Å²) < 4.78 is 0.899. The minimum atomic E-state index is -0.00287. The summed E-state index contributed by atoms with van der Waals surface area (Å²) >= 11 is 3.44. The van der Waals surface area contributed by atoms with Crippen LogP contribution in [0.15, 0.2) is 46.9 Å². The van der Waals surface area contributed by atoms with Gasteiger partial charge in [0.1, 0.15) is 0 Å².